The van der Waals surface area contributed by atoms with E-state index in [1.54, 1.807) is 18.2 Å². The maximum Gasteiger partial charge on any atom is 0.274 e. The second-order valence-electron chi connectivity index (χ2n) is 4.74. The number of nitrogens with zero attached hydrogens (tertiary/aromatic N) is 2. The van der Waals surface area contributed by atoms with Gasteiger partial charge in [-0.15, -0.1) is 0 Å². The molecular weight excluding hydrogens is 410 g/mol. The van der Waals surface area contributed by atoms with E-state index < -0.39 is 5.91 Å². The summed E-state index contributed by atoms with van der Waals surface area (Å²) < 4.78 is 11.9. The molecule has 0 radical (unpaired) electrons. The summed E-state index contributed by atoms with van der Waals surface area (Å²) in [6, 6.07) is 6.80. The van der Waals surface area contributed by atoms with Gasteiger partial charge in [-0.3, -0.25) is 4.79 Å². The molecule has 8 heteroatoms. The van der Waals surface area contributed by atoms with Crippen LogP contribution in [0.25, 0.3) is 0 Å². The molecule has 0 saturated heterocycles. The van der Waals surface area contributed by atoms with Crippen molar-refractivity contribution in [3.63, 3.8) is 0 Å². The zero-order valence-electron chi connectivity index (χ0n) is 13.8. The molecule has 0 atom stereocenters. The van der Waals surface area contributed by atoms with Crippen molar-refractivity contribution in [1.82, 2.24) is 10.4 Å². The fraction of sp³-hybridized carbons (Fsp3) is 0.235. The van der Waals surface area contributed by atoms with Gasteiger partial charge in [0.2, 0.25) is 0 Å². The lowest BCUT2D eigenvalue weighted by Gasteiger charge is -2.13. The predicted octanol–water partition coefficient (Wildman–Crippen LogP) is 4.06. The number of amides is 1. The number of carbonyl (C=O) groups is 1. The van der Waals surface area contributed by atoms with Crippen LogP contribution < -0.4 is 14.9 Å². The van der Waals surface area contributed by atoms with Crippen LogP contribution >= 0.6 is 27.5 Å². The molecule has 6 nitrogen and oxygen atoms in total. The van der Waals surface area contributed by atoms with Gasteiger partial charge in [-0.2, -0.15) is 5.10 Å². The van der Waals surface area contributed by atoms with Gasteiger partial charge in [-0.05, 0) is 59.6 Å². The number of pyridine rings is 1. The van der Waals surface area contributed by atoms with Gasteiger partial charge in [0, 0.05) is 6.20 Å². The van der Waals surface area contributed by atoms with Gasteiger partial charge in [-0.1, -0.05) is 11.6 Å². The van der Waals surface area contributed by atoms with Crippen molar-refractivity contribution >= 4 is 39.7 Å². The molecule has 1 heterocycles. The average Bonchev–Trinajstić information content (AvgIpc) is 2.58. The highest BCUT2D eigenvalue weighted by molar-refractivity contribution is 9.10. The van der Waals surface area contributed by atoms with Crippen molar-refractivity contribution in [2.45, 2.75) is 13.8 Å². The number of rotatable bonds is 7. The summed E-state index contributed by atoms with van der Waals surface area (Å²) in [7, 11) is 0. The maximum atomic E-state index is 12.0. The van der Waals surface area contributed by atoms with E-state index in [0.29, 0.717) is 24.7 Å². The van der Waals surface area contributed by atoms with E-state index >= 15 is 0 Å². The van der Waals surface area contributed by atoms with Gasteiger partial charge in [-0.25, -0.2) is 10.4 Å². The number of carbonyl (C=O) groups excluding carboxylic acids is 1. The molecule has 1 amide bonds. The third-order valence-electron chi connectivity index (χ3n) is 3.00. The molecule has 2 rings (SSSR count). The zero-order chi connectivity index (χ0) is 18.2. The van der Waals surface area contributed by atoms with E-state index in [9.17, 15) is 4.79 Å². The number of hydrogen-bond acceptors (Lipinski definition) is 5. The summed E-state index contributed by atoms with van der Waals surface area (Å²) in [5, 5.41) is 4.07. The van der Waals surface area contributed by atoms with Crippen LogP contribution in [-0.4, -0.2) is 30.3 Å². The van der Waals surface area contributed by atoms with E-state index in [2.05, 4.69) is 31.4 Å². The summed E-state index contributed by atoms with van der Waals surface area (Å²) in [6.45, 7) is 4.82. The summed E-state index contributed by atoms with van der Waals surface area (Å²) in [5.74, 6) is 0.791. The molecule has 1 N–H and O–H groups in total. The minimum atomic E-state index is -0.440. The van der Waals surface area contributed by atoms with Crippen LogP contribution in [0.5, 0.6) is 11.5 Å². The number of halogens is 2. The lowest BCUT2D eigenvalue weighted by Crippen LogP contribution is -2.18. The first-order valence-electron chi connectivity index (χ1n) is 7.59. The number of aromatic nitrogens is 1. The second-order valence-corrected chi connectivity index (χ2v) is 5.95. The van der Waals surface area contributed by atoms with Gasteiger partial charge in [0.1, 0.15) is 5.15 Å². The molecule has 0 aliphatic carbocycles. The topological polar surface area (TPSA) is 72.8 Å². The number of benzene rings is 1. The Hall–Kier alpha value is -2.12. The minimum Gasteiger partial charge on any atom is -0.490 e. The molecule has 25 heavy (non-hydrogen) atoms. The van der Waals surface area contributed by atoms with Crippen LogP contribution in [0.2, 0.25) is 5.15 Å². The fourth-order valence-corrected chi connectivity index (χ4v) is 2.77. The van der Waals surface area contributed by atoms with Gasteiger partial charge in [0.05, 0.1) is 29.5 Å². The highest BCUT2D eigenvalue weighted by atomic mass is 79.9. The zero-order valence-corrected chi connectivity index (χ0v) is 16.1. The Labute approximate surface area is 159 Å². The Morgan fingerprint density at radius 1 is 1.36 bits per heavy atom. The molecule has 2 aromatic rings. The molecule has 0 aliphatic heterocycles. The highest BCUT2D eigenvalue weighted by Gasteiger charge is 2.12. The molecule has 132 valence electrons. The Kier molecular flexibility index (Phi) is 7.21. The van der Waals surface area contributed by atoms with Crippen molar-refractivity contribution in [2.75, 3.05) is 13.2 Å². The second kappa shape index (κ2) is 9.39. The Morgan fingerprint density at radius 3 is 2.80 bits per heavy atom. The van der Waals surface area contributed by atoms with Crippen molar-refractivity contribution < 1.29 is 14.3 Å². The SMILES string of the molecule is CCOc1cc(C=NNC(=O)c2cccnc2Cl)cc(Br)c1OCC. The number of hydrazone groups is 1. The van der Waals surface area contributed by atoms with Crippen molar-refractivity contribution in [1.29, 1.82) is 0 Å². The molecule has 0 spiro atoms. The normalized spacial score (nSPS) is 10.7. The van der Waals surface area contributed by atoms with Crippen LogP contribution in [0.3, 0.4) is 0 Å². The van der Waals surface area contributed by atoms with Crippen LogP contribution in [0.4, 0.5) is 0 Å². The third kappa shape index (κ3) is 5.17. The van der Waals surface area contributed by atoms with Gasteiger partial charge < -0.3 is 9.47 Å². The molecule has 0 saturated carbocycles. The number of hydrogen-bond donors (Lipinski definition) is 1. The molecule has 0 bridgehead atoms. The number of ether oxygens (including phenoxy) is 2. The van der Waals surface area contributed by atoms with Crippen molar-refractivity contribution in [2.24, 2.45) is 5.10 Å². The molecule has 1 aromatic heterocycles. The first-order chi connectivity index (χ1) is 12.1. The monoisotopic (exact) mass is 425 g/mol. The fourth-order valence-electron chi connectivity index (χ4n) is 1.99. The Bertz CT molecular complexity index is 784. The van der Waals surface area contributed by atoms with E-state index in [0.717, 1.165) is 10.0 Å². The van der Waals surface area contributed by atoms with Gasteiger partial charge in [0.25, 0.3) is 5.91 Å². The lowest BCUT2D eigenvalue weighted by molar-refractivity contribution is 0.0955. The summed E-state index contributed by atoms with van der Waals surface area (Å²) >= 11 is 9.33. The standard InChI is InChI=1S/C17H17BrClN3O3/c1-3-24-14-9-11(8-13(18)15(14)25-4-2)10-21-22-17(23)12-6-5-7-20-16(12)19/h5-10H,3-4H2,1-2H3,(H,22,23). The smallest absolute Gasteiger partial charge is 0.274 e. The van der Waals surface area contributed by atoms with Crippen molar-refractivity contribution in [3.8, 4) is 11.5 Å². The van der Waals surface area contributed by atoms with E-state index in [4.69, 9.17) is 21.1 Å². The Balaban J connectivity index is 2.15. The molecule has 1 aromatic carbocycles. The summed E-state index contributed by atoms with van der Waals surface area (Å²) in [5.41, 5.74) is 3.40. The highest BCUT2D eigenvalue weighted by Crippen LogP contribution is 2.36. The van der Waals surface area contributed by atoms with E-state index in [1.807, 2.05) is 19.9 Å². The summed E-state index contributed by atoms with van der Waals surface area (Å²) in [4.78, 5) is 15.9. The van der Waals surface area contributed by atoms with Crippen LogP contribution in [-0.2, 0) is 0 Å². The Morgan fingerprint density at radius 2 is 2.12 bits per heavy atom. The van der Waals surface area contributed by atoms with E-state index in [-0.39, 0.29) is 10.7 Å². The maximum absolute atomic E-state index is 12.0. The first kappa shape index (κ1) is 19.2. The molecule has 0 fully saturated rings. The third-order valence-corrected chi connectivity index (χ3v) is 3.89. The van der Waals surface area contributed by atoms with Crippen molar-refractivity contribution in [3.05, 3.63) is 51.2 Å². The molecule has 0 aliphatic rings. The number of nitrogens with one attached hydrogen (secondary N) is 1. The quantitative estimate of drug-likeness (QED) is 0.412. The van der Waals surface area contributed by atoms with Crippen LogP contribution in [0.15, 0.2) is 40.0 Å². The van der Waals surface area contributed by atoms with Crippen LogP contribution in [0, 0.1) is 0 Å². The summed E-state index contributed by atoms with van der Waals surface area (Å²) in [6.07, 6.45) is 3.01. The predicted molar refractivity (Wildman–Crippen MR) is 101 cm³/mol. The lowest BCUT2D eigenvalue weighted by atomic mass is 10.2. The molecular formula is C17H17BrClN3O3. The largest absolute Gasteiger partial charge is 0.490 e. The van der Waals surface area contributed by atoms with Crippen LogP contribution in [0.1, 0.15) is 29.8 Å². The average molecular weight is 427 g/mol. The van der Waals surface area contributed by atoms with Gasteiger partial charge >= 0.3 is 0 Å². The van der Waals surface area contributed by atoms with E-state index in [1.165, 1.54) is 12.4 Å². The minimum absolute atomic E-state index is 0.123. The first-order valence-corrected chi connectivity index (χ1v) is 8.77. The van der Waals surface area contributed by atoms with Gasteiger partial charge in [0.15, 0.2) is 11.5 Å². The molecule has 0 unspecified atom stereocenters.